The van der Waals surface area contributed by atoms with Gasteiger partial charge in [-0.1, -0.05) is 18.2 Å². The van der Waals surface area contributed by atoms with Gasteiger partial charge < -0.3 is 14.8 Å². The first-order valence-electron chi connectivity index (χ1n) is 8.46. The Kier molecular flexibility index (Phi) is 5.40. The molecule has 140 valence electrons. The number of nitrogens with one attached hydrogen (secondary N) is 2. The molecule has 2 N–H and O–H groups in total. The lowest BCUT2D eigenvalue weighted by molar-refractivity contribution is -0.136. The van der Waals surface area contributed by atoms with Crippen LogP contribution in [0.25, 0.3) is 0 Å². The minimum absolute atomic E-state index is 0.139. The molecule has 1 aromatic heterocycles. The summed E-state index contributed by atoms with van der Waals surface area (Å²) in [5, 5.41) is 3.26. The van der Waals surface area contributed by atoms with Gasteiger partial charge in [-0.25, -0.2) is 13.4 Å². The van der Waals surface area contributed by atoms with Crippen LogP contribution in [0.5, 0.6) is 0 Å². The largest absolute Gasteiger partial charge is 0.336 e. The fourth-order valence-electron chi connectivity index (χ4n) is 3.10. The van der Waals surface area contributed by atoms with Crippen molar-refractivity contribution in [1.29, 1.82) is 0 Å². The van der Waals surface area contributed by atoms with E-state index >= 15 is 0 Å². The van der Waals surface area contributed by atoms with Crippen molar-refractivity contribution >= 4 is 15.9 Å². The monoisotopic (exact) mass is 377 g/mol. The second-order valence-corrected chi connectivity index (χ2v) is 8.02. The lowest BCUT2D eigenvalue weighted by atomic mass is 10.1. The lowest BCUT2D eigenvalue weighted by Gasteiger charge is -2.37. The molecular formula is C17H23N5O3S. The highest BCUT2D eigenvalue weighted by molar-refractivity contribution is 7.89. The summed E-state index contributed by atoms with van der Waals surface area (Å²) in [6, 6.07) is 6.93. The van der Waals surface area contributed by atoms with Crippen molar-refractivity contribution in [2.75, 3.05) is 19.6 Å². The first-order valence-corrected chi connectivity index (χ1v) is 9.94. The highest BCUT2D eigenvalue weighted by atomic mass is 32.2. The van der Waals surface area contributed by atoms with Gasteiger partial charge >= 0.3 is 0 Å². The van der Waals surface area contributed by atoms with E-state index in [1.54, 1.807) is 36.2 Å². The Morgan fingerprint density at radius 3 is 2.73 bits per heavy atom. The molecule has 0 radical (unpaired) electrons. The van der Waals surface area contributed by atoms with Crippen LogP contribution in [-0.2, 0) is 21.9 Å². The Morgan fingerprint density at radius 2 is 2.08 bits per heavy atom. The highest BCUT2D eigenvalue weighted by Gasteiger charge is 2.34. The zero-order valence-electron chi connectivity index (χ0n) is 14.8. The Morgan fingerprint density at radius 1 is 1.35 bits per heavy atom. The molecule has 1 aromatic carbocycles. The number of hydrogen-bond acceptors (Lipinski definition) is 5. The summed E-state index contributed by atoms with van der Waals surface area (Å²) in [6.45, 7) is 3.30. The van der Waals surface area contributed by atoms with Gasteiger partial charge in [0.2, 0.25) is 15.9 Å². The van der Waals surface area contributed by atoms with Crippen LogP contribution in [0.4, 0.5) is 0 Å². The van der Waals surface area contributed by atoms with E-state index in [2.05, 4.69) is 15.0 Å². The molecule has 2 heterocycles. The van der Waals surface area contributed by atoms with Crippen LogP contribution in [0.3, 0.4) is 0 Å². The smallest absolute Gasteiger partial charge is 0.241 e. The standard InChI is InChI=1S/C17H23N5O3S/c1-13(20-26(24,25)14-6-4-3-5-7-14)17(23)22-11-8-18-12-15(22)16-19-9-10-21(16)2/h3-7,9-10,13,15,18,20H,8,11-12H2,1-2H3. The van der Waals surface area contributed by atoms with Gasteiger partial charge in [-0.15, -0.1) is 0 Å². The van der Waals surface area contributed by atoms with E-state index in [1.807, 2.05) is 17.8 Å². The average Bonchev–Trinajstić information content (AvgIpc) is 3.07. The van der Waals surface area contributed by atoms with Crippen LogP contribution in [0.15, 0.2) is 47.6 Å². The van der Waals surface area contributed by atoms with Gasteiger partial charge in [-0.05, 0) is 19.1 Å². The molecule has 0 saturated carbocycles. The normalized spacial score (nSPS) is 19.3. The summed E-state index contributed by atoms with van der Waals surface area (Å²) in [5.41, 5.74) is 0. The van der Waals surface area contributed by atoms with Gasteiger partial charge in [0.1, 0.15) is 11.9 Å². The zero-order chi connectivity index (χ0) is 18.7. The molecular weight excluding hydrogens is 354 g/mol. The number of piperazine rings is 1. The van der Waals surface area contributed by atoms with Crippen molar-refractivity contribution in [2.45, 2.75) is 23.9 Å². The number of carbonyl (C=O) groups is 1. The fourth-order valence-corrected chi connectivity index (χ4v) is 4.31. The van der Waals surface area contributed by atoms with Gasteiger partial charge in [0.25, 0.3) is 0 Å². The van der Waals surface area contributed by atoms with Gasteiger partial charge in [-0.2, -0.15) is 4.72 Å². The Balaban J connectivity index is 1.77. The summed E-state index contributed by atoms with van der Waals surface area (Å²) in [5.74, 6) is 0.502. The SMILES string of the molecule is CC(NS(=O)(=O)c1ccccc1)C(=O)N1CCNCC1c1nccn1C. The molecule has 2 aromatic rings. The van der Waals surface area contributed by atoms with Crippen molar-refractivity contribution in [1.82, 2.24) is 24.5 Å². The van der Waals surface area contributed by atoms with Crippen LogP contribution in [0, 0.1) is 0 Å². The van der Waals surface area contributed by atoms with Crippen molar-refractivity contribution in [3.8, 4) is 0 Å². The first kappa shape index (κ1) is 18.6. The Bertz CT molecular complexity index is 866. The molecule has 9 heteroatoms. The maximum absolute atomic E-state index is 13.0. The molecule has 1 saturated heterocycles. The second kappa shape index (κ2) is 7.56. The minimum Gasteiger partial charge on any atom is -0.336 e. The molecule has 1 amide bonds. The molecule has 2 atom stereocenters. The summed E-state index contributed by atoms with van der Waals surface area (Å²) < 4.78 is 29.3. The predicted octanol–water partition coefficient (Wildman–Crippen LogP) is 0.260. The molecule has 1 aliphatic rings. The van der Waals surface area contributed by atoms with Crippen LogP contribution < -0.4 is 10.0 Å². The number of sulfonamides is 1. The minimum atomic E-state index is -3.76. The van der Waals surface area contributed by atoms with Crippen LogP contribution in [0.2, 0.25) is 0 Å². The number of hydrogen-bond donors (Lipinski definition) is 2. The second-order valence-electron chi connectivity index (χ2n) is 6.30. The van der Waals surface area contributed by atoms with Crippen molar-refractivity contribution in [3.05, 3.63) is 48.5 Å². The number of carbonyl (C=O) groups excluding carboxylic acids is 1. The molecule has 26 heavy (non-hydrogen) atoms. The number of imidazole rings is 1. The van der Waals surface area contributed by atoms with E-state index in [0.29, 0.717) is 19.6 Å². The van der Waals surface area contributed by atoms with Gasteiger partial charge in [-0.3, -0.25) is 4.79 Å². The Hall–Kier alpha value is -2.23. The van der Waals surface area contributed by atoms with Crippen molar-refractivity contribution in [3.63, 3.8) is 0 Å². The topological polar surface area (TPSA) is 96.3 Å². The predicted molar refractivity (Wildman–Crippen MR) is 96.8 cm³/mol. The maximum atomic E-state index is 13.0. The van der Waals surface area contributed by atoms with E-state index in [9.17, 15) is 13.2 Å². The van der Waals surface area contributed by atoms with E-state index < -0.39 is 16.1 Å². The van der Waals surface area contributed by atoms with Gasteiger partial charge in [0.15, 0.2) is 0 Å². The molecule has 1 fully saturated rings. The molecule has 0 bridgehead atoms. The highest BCUT2D eigenvalue weighted by Crippen LogP contribution is 2.21. The van der Waals surface area contributed by atoms with E-state index in [1.165, 1.54) is 12.1 Å². The zero-order valence-corrected chi connectivity index (χ0v) is 15.6. The lowest BCUT2D eigenvalue weighted by Crippen LogP contribution is -2.54. The number of nitrogens with zero attached hydrogens (tertiary/aromatic N) is 3. The van der Waals surface area contributed by atoms with Crippen molar-refractivity contribution in [2.24, 2.45) is 7.05 Å². The summed E-state index contributed by atoms with van der Waals surface area (Å²) in [7, 11) is -1.88. The molecule has 0 aliphatic carbocycles. The molecule has 1 aliphatic heterocycles. The third-order valence-corrected chi connectivity index (χ3v) is 6.00. The molecule has 8 nitrogen and oxygen atoms in total. The van der Waals surface area contributed by atoms with Crippen LogP contribution in [-0.4, -0.2) is 54.5 Å². The van der Waals surface area contributed by atoms with Crippen LogP contribution in [0.1, 0.15) is 18.8 Å². The number of aromatic nitrogens is 2. The van der Waals surface area contributed by atoms with Gasteiger partial charge in [0.05, 0.1) is 10.9 Å². The number of aryl methyl sites for hydroxylation is 1. The van der Waals surface area contributed by atoms with Crippen LogP contribution >= 0.6 is 0 Å². The third-order valence-electron chi connectivity index (χ3n) is 4.44. The molecule has 2 unspecified atom stereocenters. The number of amides is 1. The van der Waals surface area contributed by atoms with E-state index in [-0.39, 0.29) is 16.8 Å². The molecule has 3 rings (SSSR count). The quantitative estimate of drug-likeness (QED) is 0.779. The first-order chi connectivity index (χ1) is 12.4. The third kappa shape index (κ3) is 3.79. The Labute approximate surface area is 153 Å². The number of rotatable bonds is 5. The van der Waals surface area contributed by atoms with Crippen molar-refractivity contribution < 1.29 is 13.2 Å². The molecule has 0 spiro atoms. The fraction of sp³-hybridized carbons (Fsp3) is 0.412. The van der Waals surface area contributed by atoms with Gasteiger partial charge in [0, 0.05) is 39.1 Å². The maximum Gasteiger partial charge on any atom is 0.241 e. The summed E-state index contributed by atoms with van der Waals surface area (Å²) >= 11 is 0. The number of benzene rings is 1. The average molecular weight is 377 g/mol. The van der Waals surface area contributed by atoms with E-state index in [0.717, 1.165) is 5.82 Å². The van der Waals surface area contributed by atoms with E-state index in [4.69, 9.17) is 0 Å². The summed E-state index contributed by atoms with van der Waals surface area (Å²) in [6.07, 6.45) is 3.52. The summed E-state index contributed by atoms with van der Waals surface area (Å²) in [4.78, 5) is 19.1.